The Kier molecular flexibility index (Phi) is 5.46. The lowest BCUT2D eigenvalue weighted by molar-refractivity contribution is -0.150. The Morgan fingerprint density at radius 3 is 2.22 bits per heavy atom. The first-order chi connectivity index (χ1) is 12.9. The summed E-state index contributed by atoms with van der Waals surface area (Å²) in [5, 5.41) is 3.21. The van der Waals surface area contributed by atoms with Gasteiger partial charge in [-0.15, -0.1) is 0 Å². The zero-order valence-electron chi connectivity index (χ0n) is 14.7. The van der Waals surface area contributed by atoms with Gasteiger partial charge in [-0.2, -0.15) is 0 Å². The van der Waals surface area contributed by atoms with Crippen LogP contribution in [0.15, 0.2) is 48.5 Å². The summed E-state index contributed by atoms with van der Waals surface area (Å²) in [7, 11) is 1.29. The molecule has 1 aliphatic carbocycles. The van der Waals surface area contributed by atoms with Gasteiger partial charge in [-0.1, -0.05) is 23.7 Å². The maximum Gasteiger partial charge on any atom is 0.337 e. The van der Waals surface area contributed by atoms with E-state index in [2.05, 4.69) is 10.1 Å². The maximum atomic E-state index is 12.4. The molecule has 0 radical (unpaired) electrons. The van der Waals surface area contributed by atoms with Gasteiger partial charge in [0.2, 0.25) is 0 Å². The number of amides is 1. The van der Waals surface area contributed by atoms with Gasteiger partial charge in [0.05, 0.1) is 18.1 Å². The fourth-order valence-corrected chi connectivity index (χ4v) is 2.90. The summed E-state index contributed by atoms with van der Waals surface area (Å²) in [6, 6.07) is 13.3. The molecule has 2 aromatic rings. The van der Waals surface area contributed by atoms with E-state index in [9.17, 15) is 14.4 Å². The normalized spacial score (nSPS) is 14.1. The summed E-state index contributed by atoms with van der Waals surface area (Å²) in [5.41, 5.74) is 1.03. The molecule has 0 atom stereocenters. The SMILES string of the molecule is COC(=O)c1ccc(NC(=O)COC(=O)C2(c3ccc(Cl)cc3)CC2)cc1. The number of benzene rings is 2. The van der Waals surface area contributed by atoms with E-state index in [1.807, 2.05) is 0 Å². The van der Waals surface area contributed by atoms with Crippen LogP contribution in [0.4, 0.5) is 5.69 Å². The quantitative estimate of drug-likeness (QED) is 0.769. The zero-order valence-corrected chi connectivity index (χ0v) is 15.4. The van der Waals surface area contributed by atoms with Crippen LogP contribution in [0.25, 0.3) is 0 Å². The van der Waals surface area contributed by atoms with Gasteiger partial charge >= 0.3 is 11.9 Å². The molecule has 1 saturated carbocycles. The molecule has 1 fully saturated rings. The van der Waals surface area contributed by atoms with Crippen molar-refractivity contribution < 1.29 is 23.9 Å². The van der Waals surface area contributed by atoms with Crippen molar-refractivity contribution in [2.75, 3.05) is 19.0 Å². The number of halogens is 1. The van der Waals surface area contributed by atoms with Crippen molar-refractivity contribution in [2.24, 2.45) is 0 Å². The lowest BCUT2D eigenvalue weighted by atomic mass is 9.96. The second kappa shape index (κ2) is 7.80. The van der Waals surface area contributed by atoms with Crippen LogP contribution in [-0.2, 0) is 24.5 Å². The van der Waals surface area contributed by atoms with Crippen molar-refractivity contribution >= 4 is 35.1 Å². The Hall–Kier alpha value is -2.86. The van der Waals surface area contributed by atoms with Crippen molar-refractivity contribution in [1.29, 1.82) is 0 Å². The first-order valence-electron chi connectivity index (χ1n) is 8.36. The molecule has 0 spiro atoms. The molecule has 3 rings (SSSR count). The first-order valence-corrected chi connectivity index (χ1v) is 8.74. The largest absolute Gasteiger partial charge is 0.465 e. The van der Waals surface area contributed by atoms with Crippen molar-refractivity contribution in [2.45, 2.75) is 18.3 Å². The molecule has 140 valence electrons. The summed E-state index contributed by atoms with van der Waals surface area (Å²) < 4.78 is 9.82. The summed E-state index contributed by atoms with van der Waals surface area (Å²) in [6.07, 6.45) is 1.37. The van der Waals surface area contributed by atoms with E-state index < -0.39 is 23.3 Å². The highest BCUT2D eigenvalue weighted by atomic mass is 35.5. The fraction of sp³-hybridized carbons (Fsp3) is 0.250. The Labute approximate surface area is 161 Å². The van der Waals surface area contributed by atoms with Crippen LogP contribution < -0.4 is 5.32 Å². The molecule has 6 nitrogen and oxygen atoms in total. The number of esters is 2. The summed E-state index contributed by atoms with van der Waals surface area (Å²) in [6.45, 7) is -0.382. The fourth-order valence-electron chi connectivity index (χ4n) is 2.78. The molecular weight excluding hydrogens is 370 g/mol. The van der Waals surface area contributed by atoms with Crippen molar-refractivity contribution in [3.05, 3.63) is 64.7 Å². The number of hydrogen-bond acceptors (Lipinski definition) is 5. The van der Waals surface area contributed by atoms with Gasteiger partial charge in [-0.05, 0) is 54.8 Å². The van der Waals surface area contributed by atoms with Gasteiger partial charge < -0.3 is 14.8 Å². The van der Waals surface area contributed by atoms with Crippen molar-refractivity contribution in [3.63, 3.8) is 0 Å². The number of carbonyl (C=O) groups excluding carboxylic acids is 3. The average Bonchev–Trinajstić information content (AvgIpc) is 3.48. The number of rotatable bonds is 6. The molecule has 0 aromatic heterocycles. The Bertz CT molecular complexity index is 857. The topological polar surface area (TPSA) is 81.7 Å². The van der Waals surface area contributed by atoms with Crippen LogP contribution in [0.2, 0.25) is 5.02 Å². The number of ether oxygens (including phenoxy) is 2. The standard InChI is InChI=1S/C20H18ClNO5/c1-26-18(24)13-2-8-16(9-3-13)22-17(23)12-27-19(25)20(10-11-20)14-4-6-15(21)7-5-14/h2-9H,10-12H2,1H3,(H,22,23). The van der Waals surface area contributed by atoms with E-state index >= 15 is 0 Å². The molecule has 0 unspecified atom stereocenters. The van der Waals surface area contributed by atoms with E-state index in [0.29, 0.717) is 29.1 Å². The van der Waals surface area contributed by atoms with Gasteiger partial charge in [0, 0.05) is 10.7 Å². The minimum absolute atomic E-state index is 0.376. The third kappa shape index (κ3) is 4.28. The summed E-state index contributed by atoms with van der Waals surface area (Å²) in [4.78, 5) is 35.8. The van der Waals surface area contributed by atoms with E-state index in [-0.39, 0.29) is 6.61 Å². The third-order valence-corrected chi connectivity index (χ3v) is 4.71. The van der Waals surface area contributed by atoms with Gasteiger partial charge in [0.1, 0.15) is 0 Å². The van der Waals surface area contributed by atoms with Crippen molar-refractivity contribution in [1.82, 2.24) is 0 Å². The molecule has 1 N–H and O–H groups in total. The molecule has 7 heteroatoms. The van der Waals surface area contributed by atoms with Crippen LogP contribution in [-0.4, -0.2) is 31.6 Å². The van der Waals surface area contributed by atoms with E-state index in [1.54, 1.807) is 36.4 Å². The molecule has 1 aliphatic rings. The van der Waals surface area contributed by atoms with Crippen LogP contribution in [0.5, 0.6) is 0 Å². The molecule has 0 heterocycles. The Morgan fingerprint density at radius 2 is 1.67 bits per heavy atom. The third-order valence-electron chi connectivity index (χ3n) is 4.46. The highest BCUT2D eigenvalue weighted by molar-refractivity contribution is 6.30. The number of nitrogens with one attached hydrogen (secondary N) is 1. The first kappa shape index (κ1) is 18.9. The number of methoxy groups -OCH3 is 1. The highest BCUT2D eigenvalue weighted by Crippen LogP contribution is 2.49. The second-order valence-electron chi connectivity index (χ2n) is 6.28. The lowest BCUT2D eigenvalue weighted by Gasteiger charge is -2.15. The lowest BCUT2D eigenvalue weighted by Crippen LogP contribution is -2.28. The number of carbonyl (C=O) groups is 3. The van der Waals surface area contributed by atoms with E-state index in [0.717, 1.165) is 5.56 Å². The van der Waals surface area contributed by atoms with Crippen LogP contribution in [0, 0.1) is 0 Å². The Morgan fingerprint density at radius 1 is 1.04 bits per heavy atom. The molecule has 1 amide bonds. The second-order valence-corrected chi connectivity index (χ2v) is 6.72. The Balaban J connectivity index is 1.54. The molecule has 0 aliphatic heterocycles. The molecule has 0 saturated heterocycles. The molecular formula is C20H18ClNO5. The van der Waals surface area contributed by atoms with Gasteiger partial charge in [0.15, 0.2) is 6.61 Å². The van der Waals surface area contributed by atoms with Crippen LogP contribution in [0.1, 0.15) is 28.8 Å². The average molecular weight is 388 g/mol. The molecule has 2 aromatic carbocycles. The molecule has 27 heavy (non-hydrogen) atoms. The van der Waals surface area contributed by atoms with Crippen LogP contribution >= 0.6 is 11.6 Å². The van der Waals surface area contributed by atoms with Gasteiger partial charge in [-0.25, -0.2) is 4.79 Å². The van der Waals surface area contributed by atoms with E-state index in [1.165, 1.54) is 19.2 Å². The maximum absolute atomic E-state index is 12.4. The minimum Gasteiger partial charge on any atom is -0.465 e. The number of anilines is 1. The van der Waals surface area contributed by atoms with Crippen molar-refractivity contribution in [3.8, 4) is 0 Å². The predicted molar refractivity (Wildman–Crippen MR) is 99.7 cm³/mol. The monoisotopic (exact) mass is 387 g/mol. The number of hydrogen-bond donors (Lipinski definition) is 1. The highest BCUT2D eigenvalue weighted by Gasteiger charge is 2.52. The zero-order chi connectivity index (χ0) is 19.4. The van der Waals surface area contributed by atoms with Crippen LogP contribution in [0.3, 0.4) is 0 Å². The minimum atomic E-state index is -0.674. The summed E-state index contributed by atoms with van der Waals surface area (Å²) in [5.74, 6) is -1.33. The molecule has 0 bridgehead atoms. The smallest absolute Gasteiger partial charge is 0.337 e. The summed E-state index contributed by atoms with van der Waals surface area (Å²) >= 11 is 5.88. The predicted octanol–water partition coefficient (Wildman–Crippen LogP) is 3.34. The van der Waals surface area contributed by atoms with Gasteiger partial charge in [-0.3, -0.25) is 9.59 Å². The van der Waals surface area contributed by atoms with E-state index in [4.69, 9.17) is 16.3 Å². The van der Waals surface area contributed by atoms with Gasteiger partial charge in [0.25, 0.3) is 5.91 Å².